The minimum absolute atomic E-state index is 0.124. The minimum Gasteiger partial charge on any atom is -0.496 e. The van der Waals surface area contributed by atoms with Gasteiger partial charge in [0.05, 0.1) is 12.8 Å². The summed E-state index contributed by atoms with van der Waals surface area (Å²) in [6, 6.07) is 17.4. The normalized spacial score (nSPS) is 14.4. The summed E-state index contributed by atoms with van der Waals surface area (Å²) in [5.74, 6) is 0.317. The van der Waals surface area contributed by atoms with Gasteiger partial charge in [0, 0.05) is 30.8 Å². The molecule has 0 N–H and O–H groups in total. The fraction of sp³-hybridized carbons (Fsp3) is 0.320. The highest BCUT2D eigenvalue weighted by Gasteiger charge is 2.23. The molecule has 0 radical (unpaired) electrons. The number of amides is 1. The van der Waals surface area contributed by atoms with Crippen LogP contribution in [0.15, 0.2) is 65.5 Å². The average molecular weight is 435 g/mol. The Morgan fingerprint density at radius 1 is 1.09 bits per heavy atom. The van der Waals surface area contributed by atoms with Gasteiger partial charge in [-0.3, -0.25) is 9.59 Å². The third-order valence-corrected chi connectivity index (χ3v) is 5.93. The molecule has 3 aromatic rings. The number of piperidine rings is 1. The lowest BCUT2D eigenvalue weighted by Crippen LogP contribution is -2.42. The summed E-state index contributed by atoms with van der Waals surface area (Å²) in [6.07, 6.45) is 2.90. The molecule has 0 saturated carbocycles. The number of methoxy groups -OCH3 is 1. The lowest BCUT2D eigenvalue weighted by Gasteiger charge is -2.32. The van der Waals surface area contributed by atoms with Crippen LogP contribution in [0, 0.1) is 11.7 Å². The van der Waals surface area contributed by atoms with Crippen molar-refractivity contribution in [3.63, 3.8) is 0 Å². The van der Waals surface area contributed by atoms with E-state index >= 15 is 0 Å². The maximum Gasteiger partial charge on any atom is 0.267 e. The second-order valence-corrected chi connectivity index (χ2v) is 8.07. The van der Waals surface area contributed by atoms with E-state index in [1.54, 1.807) is 17.0 Å². The van der Waals surface area contributed by atoms with Crippen molar-refractivity contribution in [2.24, 2.45) is 5.92 Å². The van der Waals surface area contributed by atoms with Gasteiger partial charge in [0.15, 0.2) is 0 Å². The summed E-state index contributed by atoms with van der Waals surface area (Å²) in [4.78, 5) is 27.0. The maximum absolute atomic E-state index is 13.5. The quantitative estimate of drug-likeness (QED) is 0.594. The monoisotopic (exact) mass is 435 g/mol. The lowest BCUT2D eigenvalue weighted by atomic mass is 9.90. The van der Waals surface area contributed by atoms with Crippen LogP contribution in [0.4, 0.5) is 4.39 Å². The summed E-state index contributed by atoms with van der Waals surface area (Å²) < 4.78 is 19.9. The summed E-state index contributed by atoms with van der Waals surface area (Å²) in [5, 5.41) is 4.34. The Bertz CT molecular complexity index is 1140. The SMILES string of the molecule is COc1cc(F)ccc1-c1ccc(=O)n(CC(=O)N2CCC(Cc3ccccc3)CC2)n1. The number of nitrogens with zero attached hydrogens (tertiary/aromatic N) is 3. The topological polar surface area (TPSA) is 64.4 Å². The highest BCUT2D eigenvalue weighted by Crippen LogP contribution is 2.28. The van der Waals surface area contributed by atoms with Crippen LogP contribution in [0.1, 0.15) is 18.4 Å². The highest BCUT2D eigenvalue weighted by molar-refractivity contribution is 5.76. The van der Waals surface area contributed by atoms with Crippen LogP contribution in [-0.2, 0) is 17.8 Å². The number of rotatable bonds is 6. The zero-order valence-electron chi connectivity index (χ0n) is 18.0. The van der Waals surface area contributed by atoms with Gasteiger partial charge in [-0.15, -0.1) is 0 Å². The smallest absolute Gasteiger partial charge is 0.267 e. The first-order valence-electron chi connectivity index (χ1n) is 10.8. The second-order valence-electron chi connectivity index (χ2n) is 8.07. The van der Waals surface area contributed by atoms with E-state index < -0.39 is 5.82 Å². The molecular weight excluding hydrogens is 409 g/mol. The Kier molecular flexibility index (Phi) is 6.63. The molecule has 166 valence electrons. The Balaban J connectivity index is 1.42. The van der Waals surface area contributed by atoms with E-state index in [1.165, 1.54) is 30.9 Å². The van der Waals surface area contributed by atoms with Crippen LogP contribution in [0.3, 0.4) is 0 Å². The molecule has 0 bridgehead atoms. The average Bonchev–Trinajstić information content (AvgIpc) is 2.81. The van der Waals surface area contributed by atoms with Gasteiger partial charge in [0.1, 0.15) is 18.1 Å². The molecule has 1 aliphatic heterocycles. The fourth-order valence-corrected chi connectivity index (χ4v) is 4.14. The van der Waals surface area contributed by atoms with Gasteiger partial charge in [0.2, 0.25) is 5.91 Å². The molecule has 0 unspecified atom stereocenters. The van der Waals surface area contributed by atoms with E-state index in [2.05, 4.69) is 17.2 Å². The predicted molar refractivity (Wildman–Crippen MR) is 120 cm³/mol. The molecule has 1 aliphatic rings. The number of likely N-dealkylation sites (tertiary alicyclic amines) is 1. The van der Waals surface area contributed by atoms with Gasteiger partial charge in [-0.1, -0.05) is 30.3 Å². The van der Waals surface area contributed by atoms with E-state index in [4.69, 9.17) is 4.74 Å². The van der Waals surface area contributed by atoms with Gasteiger partial charge in [-0.2, -0.15) is 5.10 Å². The van der Waals surface area contributed by atoms with Crippen molar-refractivity contribution in [2.45, 2.75) is 25.8 Å². The van der Waals surface area contributed by atoms with Gasteiger partial charge >= 0.3 is 0 Å². The molecule has 0 aliphatic carbocycles. The van der Waals surface area contributed by atoms with Crippen molar-refractivity contribution < 1.29 is 13.9 Å². The number of benzene rings is 2. The first kappa shape index (κ1) is 21.7. The standard InChI is InChI=1S/C25H26FN3O3/c1-32-23-16-20(26)7-8-21(23)22-9-10-24(30)29(27-22)17-25(31)28-13-11-19(12-14-28)15-18-5-3-2-4-6-18/h2-10,16,19H,11-15,17H2,1H3. The van der Waals surface area contributed by atoms with Crippen molar-refractivity contribution in [1.82, 2.24) is 14.7 Å². The first-order valence-corrected chi connectivity index (χ1v) is 10.8. The van der Waals surface area contributed by atoms with Crippen molar-refractivity contribution in [1.29, 1.82) is 0 Å². The van der Waals surface area contributed by atoms with Crippen molar-refractivity contribution in [3.05, 3.63) is 82.4 Å². The van der Waals surface area contributed by atoms with E-state index in [1.807, 2.05) is 18.2 Å². The Morgan fingerprint density at radius 3 is 2.56 bits per heavy atom. The molecular formula is C25H26FN3O3. The molecule has 0 spiro atoms. The minimum atomic E-state index is -0.426. The fourth-order valence-electron chi connectivity index (χ4n) is 4.14. The van der Waals surface area contributed by atoms with Crippen LogP contribution in [0.25, 0.3) is 11.3 Å². The number of carbonyl (C=O) groups excluding carboxylic acids is 1. The highest BCUT2D eigenvalue weighted by atomic mass is 19.1. The molecule has 1 amide bonds. The van der Waals surface area contributed by atoms with Gasteiger partial charge in [-0.05, 0) is 48.9 Å². The van der Waals surface area contributed by atoms with Crippen LogP contribution < -0.4 is 10.3 Å². The number of hydrogen-bond donors (Lipinski definition) is 0. The van der Waals surface area contributed by atoms with E-state index in [-0.39, 0.29) is 18.0 Å². The molecule has 7 heteroatoms. The summed E-state index contributed by atoms with van der Waals surface area (Å²) in [7, 11) is 1.44. The summed E-state index contributed by atoms with van der Waals surface area (Å²) >= 11 is 0. The van der Waals surface area contributed by atoms with E-state index in [0.29, 0.717) is 36.0 Å². The van der Waals surface area contributed by atoms with Crippen molar-refractivity contribution in [3.8, 4) is 17.0 Å². The van der Waals surface area contributed by atoms with Crippen molar-refractivity contribution >= 4 is 5.91 Å². The number of ether oxygens (including phenoxy) is 1. The van der Waals surface area contributed by atoms with E-state index in [9.17, 15) is 14.0 Å². The van der Waals surface area contributed by atoms with Crippen LogP contribution in [0.5, 0.6) is 5.75 Å². The van der Waals surface area contributed by atoms with Crippen LogP contribution in [0.2, 0.25) is 0 Å². The van der Waals surface area contributed by atoms with E-state index in [0.717, 1.165) is 23.9 Å². The van der Waals surface area contributed by atoms with Crippen LogP contribution >= 0.6 is 0 Å². The zero-order valence-corrected chi connectivity index (χ0v) is 18.0. The molecule has 2 heterocycles. The van der Waals surface area contributed by atoms with Gasteiger partial charge < -0.3 is 9.64 Å². The molecule has 6 nitrogen and oxygen atoms in total. The maximum atomic E-state index is 13.5. The zero-order chi connectivity index (χ0) is 22.5. The predicted octanol–water partition coefficient (Wildman–Crippen LogP) is 3.54. The third-order valence-electron chi connectivity index (χ3n) is 5.93. The lowest BCUT2D eigenvalue weighted by molar-refractivity contribution is -0.133. The Labute approximate surface area is 186 Å². The molecule has 1 aromatic heterocycles. The van der Waals surface area contributed by atoms with Gasteiger partial charge in [-0.25, -0.2) is 9.07 Å². The molecule has 4 rings (SSSR count). The number of carbonyl (C=O) groups is 1. The molecule has 2 aromatic carbocycles. The molecule has 1 fully saturated rings. The molecule has 1 saturated heterocycles. The first-order chi connectivity index (χ1) is 15.5. The largest absolute Gasteiger partial charge is 0.496 e. The second kappa shape index (κ2) is 9.77. The molecule has 32 heavy (non-hydrogen) atoms. The number of hydrogen-bond acceptors (Lipinski definition) is 4. The Hall–Kier alpha value is -3.48. The molecule has 0 atom stereocenters. The van der Waals surface area contributed by atoms with Gasteiger partial charge in [0.25, 0.3) is 5.56 Å². The summed E-state index contributed by atoms with van der Waals surface area (Å²) in [6.45, 7) is 1.23. The third kappa shape index (κ3) is 5.04. The van der Waals surface area contributed by atoms with Crippen LogP contribution in [-0.4, -0.2) is 40.8 Å². The Morgan fingerprint density at radius 2 is 1.84 bits per heavy atom. The van der Waals surface area contributed by atoms with Crippen molar-refractivity contribution in [2.75, 3.05) is 20.2 Å². The summed E-state index contributed by atoms with van der Waals surface area (Å²) in [5.41, 5.74) is 1.95. The number of aromatic nitrogens is 2. The number of halogens is 1.